The summed E-state index contributed by atoms with van der Waals surface area (Å²) >= 11 is 0. The van der Waals surface area contributed by atoms with E-state index in [0.29, 0.717) is 6.10 Å². The number of nitrogens with one attached hydrogen (secondary N) is 1. The van der Waals surface area contributed by atoms with Crippen molar-refractivity contribution in [3.8, 4) is 0 Å². The SMILES string of the molecule is CCOCCNCCCC1CCCO1. The Balaban J connectivity index is 1.75. The van der Waals surface area contributed by atoms with Gasteiger partial charge >= 0.3 is 0 Å². The summed E-state index contributed by atoms with van der Waals surface area (Å²) in [7, 11) is 0. The maximum Gasteiger partial charge on any atom is 0.0590 e. The van der Waals surface area contributed by atoms with Crippen molar-refractivity contribution >= 4 is 0 Å². The first-order valence-corrected chi connectivity index (χ1v) is 5.83. The van der Waals surface area contributed by atoms with Crippen LogP contribution in [0.15, 0.2) is 0 Å². The second-order valence-electron chi connectivity index (χ2n) is 3.72. The van der Waals surface area contributed by atoms with Crippen molar-refractivity contribution in [2.75, 3.05) is 32.9 Å². The molecule has 1 N–H and O–H groups in total. The normalized spacial score (nSPS) is 21.6. The van der Waals surface area contributed by atoms with Crippen molar-refractivity contribution in [3.05, 3.63) is 0 Å². The van der Waals surface area contributed by atoms with Gasteiger partial charge in [-0.2, -0.15) is 0 Å². The lowest BCUT2D eigenvalue weighted by Crippen LogP contribution is -2.21. The number of ether oxygens (including phenoxy) is 2. The van der Waals surface area contributed by atoms with Gasteiger partial charge < -0.3 is 14.8 Å². The summed E-state index contributed by atoms with van der Waals surface area (Å²) in [5, 5.41) is 3.36. The average molecular weight is 201 g/mol. The number of hydrogen-bond acceptors (Lipinski definition) is 3. The Morgan fingerprint density at radius 2 is 2.36 bits per heavy atom. The van der Waals surface area contributed by atoms with E-state index in [1.165, 1.54) is 25.7 Å². The molecule has 1 unspecified atom stereocenters. The zero-order valence-electron chi connectivity index (χ0n) is 9.26. The van der Waals surface area contributed by atoms with Crippen LogP contribution >= 0.6 is 0 Å². The van der Waals surface area contributed by atoms with Gasteiger partial charge in [0.1, 0.15) is 0 Å². The molecule has 1 aliphatic heterocycles. The molecule has 0 aromatic heterocycles. The second-order valence-corrected chi connectivity index (χ2v) is 3.72. The van der Waals surface area contributed by atoms with E-state index in [-0.39, 0.29) is 0 Å². The molecule has 14 heavy (non-hydrogen) atoms. The van der Waals surface area contributed by atoms with Crippen LogP contribution in [0.25, 0.3) is 0 Å². The van der Waals surface area contributed by atoms with Crippen molar-refractivity contribution in [1.29, 1.82) is 0 Å². The van der Waals surface area contributed by atoms with Crippen LogP contribution in [0.2, 0.25) is 0 Å². The Morgan fingerprint density at radius 3 is 3.07 bits per heavy atom. The molecule has 0 aromatic carbocycles. The van der Waals surface area contributed by atoms with E-state index in [0.717, 1.165) is 32.9 Å². The maximum absolute atomic E-state index is 5.55. The van der Waals surface area contributed by atoms with Gasteiger partial charge in [-0.25, -0.2) is 0 Å². The van der Waals surface area contributed by atoms with Gasteiger partial charge in [-0.05, 0) is 39.2 Å². The lowest BCUT2D eigenvalue weighted by molar-refractivity contribution is 0.102. The molecule has 0 radical (unpaired) electrons. The summed E-state index contributed by atoms with van der Waals surface area (Å²) in [4.78, 5) is 0. The fourth-order valence-electron chi connectivity index (χ4n) is 1.74. The standard InChI is InChI=1S/C11H23NO2/c1-2-13-10-8-12-7-3-5-11-6-4-9-14-11/h11-12H,2-10H2,1H3. The highest BCUT2D eigenvalue weighted by Crippen LogP contribution is 2.16. The van der Waals surface area contributed by atoms with Crippen LogP contribution in [-0.2, 0) is 9.47 Å². The molecule has 84 valence electrons. The predicted molar refractivity (Wildman–Crippen MR) is 57.6 cm³/mol. The molecule has 0 spiro atoms. The Kier molecular flexibility index (Phi) is 7.01. The molecule has 1 heterocycles. The van der Waals surface area contributed by atoms with E-state index in [9.17, 15) is 0 Å². The van der Waals surface area contributed by atoms with E-state index in [1.54, 1.807) is 0 Å². The van der Waals surface area contributed by atoms with Gasteiger partial charge in [-0.3, -0.25) is 0 Å². The summed E-state index contributed by atoms with van der Waals surface area (Å²) in [6.07, 6.45) is 5.49. The van der Waals surface area contributed by atoms with Crippen LogP contribution in [-0.4, -0.2) is 39.0 Å². The highest BCUT2D eigenvalue weighted by atomic mass is 16.5. The lowest BCUT2D eigenvalue weighted by atomic mass is 10.1. The third-order valence-corrected chi connectivity index (χ3v) is 2.53. The van der Waals surface area contributed by atoms with Gasteiger partial charge in [0, 0.05) is 19.8 Å². The predicted octanol–water partition coefficient (Wildman–Crippen LogP) is 1.57. The van der Waals surface area contributed by atoms with Crippen LogP contribution in [0, 0.1) is 0 Å². The fraction of sp³-hybridized carbons (Fsp3) is 1.00. The molecule has 1 aliphatic rings. The van der Waals surface area contributed by atoms with Crippen LogP contribution in [0.4, 0.5) is 0 Å². The second kappa shape index (κ2) is 8.21. The largest absolute Gasteiger partial charge is 0.380 e. The molecule has 0 aliphatic carbocycles. The van der Waals surface area contributed by atoms with E-state index >= 15 is 0 Å². The molecule has 0 aromatic rings. The molecule has 0 bridgehead atoms. The molecule has 3 nitrogen and oxygen atoms in total. The first-order chi connectivity index (χ1) is 6.93. The number of rotatable bonds is 8. The average Bonchev–Trinajstić information content (AvgIpc) is 2.69. The molecule has 0 saturated carbocycles. The zero-order valence-corrected chi connectivity index (χ0v) is 9.26. The molecule has 1 rings (SSSR count). The number of hydrogen-bond donors (Lipinski definition) is 1. The Morgan fingerprint density at radius 1 is 1.43 bits per heavy atom. The third kappa shape index (κ3) is 5.58. The highest BCUT2D eigenvalue weighted by molar-refractivity contribution is 4.65. The molecule has 3 heteroatoms. The van der Waals surface area contributed by atoms with Gasteiger partial charge in [-0.15, -0.1) is 0 Å². The van der Waals surface area contributed by atoms with Gasteiger partial charge in [0.05, 0.1) is 12.7 Å². The van der Waals surface area contributed by atoms with Crippen LogP contribution in [0.5, 0.6) is 0 Å². The van der Waals surface area contributed by atoms with Gasteiger partial charge in [-0.1, -0.05) is 0 Å². The molecule has 0 amide bonds. The Hall–Kier alpha value is -0.120. The Labute approximate surface area is 87.2 Å². The first-order valence-electron chi connectivity index (χ1n) is 5.83. The lowest BCUT2D eigenvalue weighted by Gasteiger charge is -2.09. The van der Waals surface area contributed by atoms with E-state index < -0.39 is 0 Å². The topological polar surface area (TPSA) is 30.5 Å². The van der Waals surface area contributed by atoms with Crippen LogP contribution in [0.3, 0.4) is 0 Å². The zero-order chi connectivity index (χ0) is 10.1. The van der Waals surface area contributed by atoms with E-state index in [4.69, 9.17) is 9.47 Å². The quantitative estimate of drug-likeness (QED) is 0.605. The minimum absolute atomic E-state index is 0.545. The Bertz CT molecular complexity index is 124. The molecular weight excluding hydrogens is 178 g/mol. The smallest absolute Gasteiger partial charge is 0.0590 e. The maximum atomic E-state index is 5.55. The van der Waals surface area contributed by atoms with Gasteiger partial charge in [0.2, 0.25) is 0 Å². The van der Waals surface area contributed by atoms with Gasteiger partial charge in [0.25, 0.3) is 0 Å². The molecule has 1 saturated heterocycles. The third-order valence-electron chi connectivity index (χ3n) is 2.53. The fourth-order valence-corrected chi connectivity index (χ4v) is 1.74. The first kappa shape index (κ1) is 12.0. The summed E-state index contributed by atoms with van der Waals surface area (Å²) in [6, 6.07) is 0. The van der Waals surface area contributed by atoms with E-state index in [2.05, 4.69) is 5.32 Å². The minimum atomic E-state index is 0.545. The molecular formula is C11H23NO2. The van der Waals surface area contributed by atoms with Crippen molar-refractivity contribution in [1.82, 2.24) is 5.32 Å². The van der Waals surface area contributed by atoms with Gasteiger partial charge in [0.15, 0.2) is 0 Å². The van der Waals surface area contributed by atoms with E-state index in [1.807, 2.05) is 6.92 Å². The minimum Gasteiger partial charge on any atom is -0.380 e. The summed E-state index contributed by atoms with van der Waals surface area (Å²) in [5.41, 5.74) is 0. The molecule has 1 fully saturated rings. The van der Waals surface area contributed by atoms with Crippen LogP contribution in [0.1, 0.15) is 32.6 Å². The van der Waals surface area contributed by atoms with Crippen LogP contribution < -0.4 is 5.32 Å². The van der Waals surface area contributed by atoms with Crippen molar-refractivity contribution < 1.29 is 9.47 Å². The molecule has 1 atom stereocenters. The highest BCUT2D eigenvalue weighted by Gasteiger charge is 2.13. The van der Waals surface area contributed by atoms with Crippen molar-refractivity contribution in [2.45, 2.75) is 38.7 Å². The summed E-state index contributed by atoms with van der Waals surface area (Å²) < 4.78 is 10.8. The summed E-state index contributed by atoms with van der Waals surface area (Å²) in [5.74, 6) is 0. The van der Waals surface area contributed by atoms with Crippen molar-refractivity contribution in [3.63, 3.8) is 0 Å². The van der Waals surface area contributed by atoms with Crippen molar-refractivity contribution in [2.24, 2.45) is 0 Å². The summed E-state index contributed by atoms with van der Waals surface area (Å²) in [6.45, 7) is 6.71. The monoisotopic (exact) mass is 201 g/mol.